The van der Waals surface area contributed by atoms with E-state index >= 15 is 0 Å². The van der Waals surface area contributed by atoms with Gasteiger partial charge in [0.25, 0.3) is 0 Å². The van der Waals surface area contributed by atoms with Crippen LogP contribution in [-0.4, -0.2) is 6.16 Å². The Kier molecular flexibility index (Phi) is 8.41. The molecular formula is C30H35SiZr. The number of fused-ring (bicyclic) bond motifs is 2. The van der Waals surface area contributed by atoms with Crippen molar-refractivity contribution in [3.8, 4) is 0 Å². The van der Waals surface area contributed by atoms with E-state index in [9.17, 15) is 0 Å². The summed E-state index contributed by atoms with van der Waals surface area (Å²) in [6, 6.07) is 24.1. The summed E-state index contributed by atoms with van der Waals surface area (Å²) in [6.07, 6.45) is 9.65. The molecule has 0 N–H and O–H groups in total. The van der Waals surface area contributed by atoms with Gasteiger partial charge in [-0.3, -0.25) is 0 Å². The minimum Gasteiger partial charge on any atom is -0.165 e. The van der Waals surface area contributed by atoms with Crippen LogP contribution < -0.4 is 0 Å². The van der Waals surface area contributed by atoms with Crippen LogP contribution in [0.2, 0.25) is 6.04 Å². The molecule has 6 rings (SSSR count). The summed E-state index contributed by atoms with van der Waals surface area (Å²) in [6.45, 7) is 6.60. The van der Waals surface area contributed by atoms with E-state index in [-0.39, 0.29) is 0 Å². The van der Waals surface area contributed by atoms with E-state index < -0.39 is 0 Å². The van der Waals surface area contributed by atoms with Crippen molar-refractivity contribution >= 4 is 27.7 Å². The van der Waals surface area contributed by atoms with Gasteiger partial charge in [-0.05, 0) is 37.5 Å². The Hall–Kier alpha value is -1.24. The number of rotatable bonds is 5. The van der Waals surface area contributed by atoms with E-state index in [0.717, 1.165) is 11.8 Å². The Morgan fingerprint density at radius 2 is 1.28 bits per heavy atom. The largest absolute Gasteiger partial charge is 0.165 e. The average molecular weight is 515 g/mol. The van der Waals surface area contributed by atoms with Crippen LogP contribution in [0, 0.1) is 13.8 Å². The minimum atomic E-state index is 0.866. The van der Waals surface area contributed by atoms with Gasteiger partial charge in [-0.25, -0.2) is 0 Å². The molecule has 2 fully saturated rings. The molecule has 2 aliphatic rings. The molecule has 0 amide bonds. The van der Waals surface area contributed by atoms with E-state index in [0.29, 0.717) is 0 Å². The summed E-state index contributed by atoms with van der Waals surface area (Å²) in [4.78, 5) is 0. The quantitative estimate of drug-likeness (QED) is 0.142. The third-order valence-corrected chi connectivity index (χ3v) is 8.99. The molecule has 0 aliphatic heterocycles. The second-order valence-electron chi connectivity index (χ2n) is 9.59. The molecule has 0 aromatic heterocycles. The van der Waals surface area contributed by atoms with E-state index in [1.807, 2.05) is 0 Å². The summed E-state index contributed by atoms with van der Waals surface area (Å²) >= 11 is 1.72. The van der Waals surface area contributed by atoms with Gasteiger partial charge in [0.2, 0.25) is 0 Å². The van der Waals surface area contributed by atoms with Crippen molar-refractivity contribution in [1.29, 1.82) is 0 Å². The fourth-order valence-corrected chi connectivity index (χ4v) is 6.42. The third-order valence-electron chi connectivity index (χ3n) is 6.55. The van der Waals surface area contributed by atoms with Crippen LogP contribution >= 0.6 is 0 Å². The molecule has 2 saturated carbocycles. The fraction of sp³-hybridized carbons (Fsp3) is 0.400. The molecule has 4 aromatic rings. The Morgan fingerprint density at radius 1 is 0.812 bits per heavy atom. The van der Waals surface area contributed by atoms with Crippen LogP contribution in [0.5, 0.6) is 0 Å². The summed E-state index contributed by atoms with van der Waals surface area (Å²) < 4.78 is 0. The topological polar surface area (TPSA) is 0 Å². The van der Waals surface area contributed by atoms with Gasteiger partial charge in [0.05, 0.1) is 0 Å². The fourth-order valence-electron chi connectivity index (χ4n) is 4.58. The van der Waals surface area contributed by atoms with Crippen LogP contribution in [0.1, 0.15) is 79.5 Å². The van der Waals surface area contributed by atoms with Crippen LogP contribution in [-0.2, 0) is 23.3 Å². The zero-order chi connectivity index (χ0) is 22.5. The van der Waals surface area contributed by atoms with Crippen LogP contribution in [0.15, 0.2) is 60.7 Å². The standard InChI is InChI=1S/2C13H13.C4H9Si.Zr/c2*1-9-7-11-3-2-4-12(10-5-6-10)13(11)8-9;1-2-3-4-5;/h2*2-4,7-8,10H,5-6H2,1H3;2-4H2,1H3;/q2*-1;;+2. The van der Waals surface area contributed by atoms with Gasteiger partial charge in [-0.15, -0.1) is 69.1 Å². The predicted molar refractivity (Wildman–Crippen MR) is 138 cm³/mol. The Labute approximate surface area is 210 Å². The van der Waals surface area contributed by atoms with Gasteiger partial charge in [0.15, 0.2) is 0 Å². The second kappa shape index (κ2) is 11.3. The number of aryl methyl sites for hydroxylation is 2. The van der Waals surface area contributed by atoms with E-state index in [2.05, 4.69) is 81.4 Å². The Bertz CT molecular complexity index is 1080. The molecule has 0 saturated heterocycles. The molecule has 0 unspecified atom stereocenters. The molecule has 2 heteroatoms. The minimum absolute atomic E-state index is 0.866. The van der Waals surface area contributed by atoms with Crippen LogP contribution in [0.3, 0.4) is 0 Å². The van der Waals surface area contributed by atoms with Gasteiger partial charge < -0.3 is 0 Å². The van der Waals surface area contributed by atoms with Crippen molar-refractivity contribution in [1.82, 2.24) is 0 Å². The first-order valence-corrected chi connectivity index (χ1v) is 17.2. The van der Waals surface area contributed by atoms with E-state index in [1.54, 1.807) is 34.5 Å². The Morgan fingerprint density at radius 3 is 1.62 bits per heavy atom. The molecule has 2 aliphatic carbocycles. The molecule has 163 valence electrons. The van der Waals surface area contributed by atoms with Gasteiger partial charge in [0, 0.05) is 0 Å². The molecular weight excluding hydrogens is 480 g/mol. The van der Waals surface area contributed by atoms with E-state index in [1.165, 1.54) is 83.4 Å². The zero-order valence-electron chi connectivity index (χ0n) is 19.9. The number of unbranched alkanes of at least 4 members (excludes halogenated alkanes) is 1. The van der Waals surface area contributed by atoms with Gasteiger partial charge in [-0.2, -0.15) is 12.1 Å². The van der Waals surface area contributed by atoms with Gasteiger partial charge >= 0.3 is 55.3 Å². The van der Waals surface area contributed by atoms with Crippen molar-refractivity contribution in [2.45, 2.75) is 77.2 Å². The summed E-state index contributed by atoms with van der Waals surface area (Å²) in [5, 5.41) is 5.81. The van der Waals surface area contributed by atoms with Crippen molar-refractivity contribution < 1.29 is 23.3 Å². The van der Waals surface area contributed by atoms with Gasteiger partial charge in [0.1, 0.15) is 0 Å². The van der Waals surface area contributed by atoms with Crippen molar-refractivity contribution in [2.75, 3.05) is 0 Å². The predicted octanol–water partition coefficient (Wildman–Crippen LogP) is 8.86. The number of hydrogen-bond donors (Lipinski definition) is 0. The molecule has 0 bridgehead atoms. The number of hydrogen-bond acceptors (Lipinski definition) is 0. The monoisotopic (exact) mass is 513 g/mol. The molecule has 4 aromatic carbocycles. The van der Waals surface area contributed by atoms with E-state index in [4.69, 9.17) is 0 Å². The first kappa shape index (κ1) is 23.9. The summed E-state index contributed by atoms with van der Waals surface area (Å²) in [5.41, 5.74) is 5.93. The van der Waals surface area contributed by atoms with Crippen LogP contribution in [0.25, 0.3) is 21.5 Å². The Balaban J connectivity index is 0.000000124. The molecule has 32 heavy (non-hydrogen) atoms. The summed E-state index contributed by atoms with van der Waals surface area (Å²) in [7, 11) is 0. The summed E-state index contributed by atoms with van der Waals surface area (Å²) in [5.74, 6) is 1.73. The SMILES string of the molecule is CCCC[Si]=[Zr+2].Cc1cc2c(C3CC3)cccc2[cH-]1.Cc1cc2c(C3CC3)cccc2[cH-]1. The second-order valence-corrected chi connectivity index (χ2v) is 13.1. The number of benzene rings is 2. The van der Waals surface area contributed by atoms with Crippen LogP contribution in [0.4, 0.5) is 0 Å². The molecule has 0 atom stereocenters. The first-order valence-electron chi connectivity index (χ1n) is 12.3. The molecule has 0 heterocycles. The molecule has 0 nitrogen and oxygen atoms in total. The van der Waals surface area contributed by atoms with Crippen molar-refractivity contribution in [2.24, 2.45) is 0 Å². The maximum Gasteiger partial charge on any atom is -0.0251 e. The normalized spacial score (nSPS) is 15.2. The maximum atomic E-state index is 2.32. The van der Waals surface area contributed by atoms with Gasteiger partial charge in [-0.1, -0.05) is 37.1 Å². The first-order chi connectivity index (χ1) is 15.6. The zero-order valence-corrected chi connectivity index (χ0v) is 23.3. The molecule has 1 radical (unpaired) electrons. The van der Waals surface area contributed by atoms with Crippen molar-refractivity contribution in [3.05, 3.63) is 82.9 Å². The maximum absolute atomic E-state index is 2.32. The smallest absolute Gasteiger partial charge is 0.0251 e. The molecule has 0 spiro atoms. The third kappa shape index (κ3) is 6.21. The average Bonchev–Trinajstić information content (AvgIpc) is 3.71. The van der Waals surface area contributed by atoms with Crippen molar-refractivity contribution in [3.63, 3.8) is 0 Å².